The molecule has 7 nitrogen and oxygen atoms in total. The Morgan fingerprint density at radius 3 is 2.58 bits per heavy atom. The van der Waals surface area contributed by atoms with Gasteiger partial charge in [0.05, 0.1) is 22.0 Å². The fraction of sp³-hybridized carbons (Fsp3) is 0.393. The highest BCUT2D eigenvalue weighted by Gasteiger charge is 2.45. The second-order valence-electron chi connectivity index (χ2n) is 10.2. The van der Waals surface area contributed by atoms with Gasteiger partial charge >= 0.3 is 6.09 Å². The maximum atomic E-state index is 13.6. The third-order valence-corrected chi connectivity index (χ3v) is 8.29. The number of fused-ring (bicyclic) bond motifs is 1. The van der Waals surface area contributed by atoms with Crippen LogP contribution in [-0.2, 0) is 24.8 Å². The number of carbonyl (C=O) groups excluding carboxylic acids is 2. The summed E-state index contributed by atoms with van der Waals surface area (Å²) in [6.07, 6.45) is 2.07. The topological polar surface area (TPSA) is 76.5 Å². The first-order chi connectivity index (χ1) is 18.2. The number of aromatic nitrogens is 2. The van der Waals surface area contributed by atoms with E-state index >= 15 is 0 Å². The molecular formula is C28H31ClFN4O3P. The number of rotatable bonds is 6. The lowest BCUT2D eigenvalue weighted by atomic mass is 9.96. The third kappa shape index (κ3) is 5.43. The summed E-state index contributed by atoms with van der Waals surface area (Å²) in [6, 6.07) is 12.0. The van der Waals surface area contributed by atoms with Crippen molar-refractivity contribution in [2.24, 2.45) is 18.9 Å². The lowest BCUT2D eigenvalue weighted by molar-refractivity contribution is 0.101. The molecule has 2 aliphatic rings. The largest absolute Gasteiger partial charge is 0.445 e. The van der Waals surface area contributed by atoms with Gasteiger partial charge in [-0.3, -0.25) is 9.48 Å². The zero-order valence-electron chi connectivity index (χ0n) is 21.4. The number of nitrogens with one attached hydrogen (secondary N) is 1. The number of benzene rings is 2. The summed E-state index contributed by atoms with van der Waals surface area (Å²) >= 11 is 5.91. The zero-order valence-corrected chi connectivity index (χ0v) is 23.3. The van der Waals surface area contributed by atoms with Crippen molar-refractivity contribution in [1.29, 1.82) is 0 Å². The van der Waals surface area contributed by atoms with Gasteiger partial charge in [0, 0.05) is 31.7 Å². The van der Waals surface area contributed by atoms with Crippen molar-refractivity contribution in [1.82, 2.24) is 14.7 Å². The van der Waals surface area contributed by atoms with Crippen molar-refractivity contribution in [2.45, 2.75) is 38.7 Å². The van der Waals surface area contributed by atoms with Gasteiger partial charge in [-0.2, -0.15) is 5.10 Å². The highest BCUT2D eigenvalue weighted by atomic mass is 35.5. The summed E-state index contributed by atoms with van der Waals surface area (Å²) in [5.41, 5.74) is 3.60. The summed E-state index contributed by atoms with van der Waals surface area (Å²) in [7, 11) is 4.50. The van der Waals surface area contributed by atoms with Crippen LogP contribution in [0, 0.1) is 17.7 Å². The molecule has 1 saturated heterocycles. The van der Waals surface area contributed by atoms with E-state index in [1.165, 1.54) is 18.2 Å². The van der Waals surface area contributed by atoms with Crippen LogP contribution in [0.1, 0.15) is 53.0 Å². The number of ether oxygens (including phenoxy) is 1. The average molecular weight is 557 g/mol. The number of amides is 2. The van der Waals surface area contributed by atoms with Gasteiger partial charge in [-0.15, -0.1) is 9.24 Å². The monoisotopic (exact) mass is 556 g/mol. The van der Waals surface area contributed by atoms with E-state index in [-0.39, 0.29) is 29.5 Å². The first-order valence-corrected chi connectivity index (χ1v) is 13.8. The lowest BCUT2D eigenvalue weighted by Crippen LogP contribution is -2.30. The fourth-order valence-electron chi connectivity index (χ4n) is 5.88. The Bertz CT molecular complexity index is 1370. The molecule has 3 aromatic rings. The molecule has 38 heavy (non-hydrogen) atoms. The van der Waals surface area contributed by atoms with Crippen molar-refractivity contribution in [2.75, 3.05) is 18.4 Å². The van der Waals surface area contributed by atoms with Crippen molar-refractivity contribution in [3.05, 3.63) is 75.8 Å². The molecular weight excluding hydrogens is 526 g/mol. The van der Waals surface area contributed by atoms with Crippen molar-refractivity contribution < 1.29 is 18.7 Å². The number of nitrogens with zero attached hydrogens (tertiary/aromatic N) is 3. The van der Waals surface area contributed by atoms with E-state index in [1.54, 1.807) is 9.58 Å². The smallest absolute Gasteiger partial charge is 0.410 e. The summed E-state index contributed by atoms with van der Waals surface area (Å²) in [6.45, 7) is 3.54. The van der Waals surface area contributed by atoms with Crippen LogP contribution in [0.4, 0.5) is 14.9 Å². The summed E-state index contributed by atoms with van der Waals surface area (Å²) in [5.74, 6) is -0.0178. The van der Waals surface area contributed by atoms with Gasteiger partial charge in [0.2, 0.25) is 0 Å². The molecule has 200 valence electrons. The Morgan fingerprint density at radius 2 is 1.92 bits per heavy atom. The molecule has 3 atom stereocenters. The number of likely N-dealkylation sites (tertiary alicyclic amines) is 1. The zero-order chi connectivity index (χ0) is 27.0. The van der Waals surface area contributed by atoms with Gasteiger partial charge < -0.3 is 15.0 Å². The molecule has 2 fully saturated rings. The maximum Gasteiger partial charge on any atom is 0.410 e. The molecule has 0 spiro atoms. The Morgan fingerprint density at radius 1 is 1.18 bits per heavy atom. The number of halogens is 2. The molecule has 1 aliphatic carbocycles. The molecule has 2 aromatic carbocycles. The van der Waals surface area contributed by atoms with Gasteiger partial charge in [-0.05, 0) is 66.2 Å². The van der Waals surface area contributed by atoms with E-state index in [2.05, 4.69) is 14.6 Å². The molecule has 2 amide bonds. The van der Waals surface area contributed by atoms with E-state index in [4.69, 9.17) is 21.4 Å². The fourth-order valence-corrected chi connectivity index (χ4v) is 6.39. The Labute approximate surface area is 228 Å². The van der Waals surface area contributed by atoms with Gasteiger partial charge in [-0.25, -0.2) is 9.18 Å². The predicted molar refractivity (Wildman–Crippen MR) is 148 cm³/mol. The van der Waals surface area contributed by atoms with Crippen molar-refractivity contribution in [3.8, 4) is 0 Å². The molecule has 10 heteroatoms. The highest BCUT2D eigenvalue weighted by molar-refractivity contribution is 7.27. The molecule has 1 aliphatic heterocycles. The minimum absolute atomic E-state index is 0.0468. The second kappa shape index (κ2) is 11.0. The molecule has 3 unspecified atom stereocenters. The molecule has 2 heterocycles. The molecule has 1 N–H and O–H groups in total. The SMILES string of the molecule is CCc1c(C(=O)Nc2ccc(F)c(Cl)c2)c(C2CC3CN(C(=O)OCc4cccc(P)c4)CC3C2)nn1C. The number of anilines is 1. The Balaban J connectivity index is 1.25. The van der Waals surface area contributed by atoms with Crippen LogP contribution >= 0.6 is 20.8 Å². The van der Waals surface area contributed by atoms with Crippen LogP contribution in [-0.4, -0.2) is 39.8 Å². The normalized spacial score (nSPS) is 20.4. The summed E-state index contributed by atoms with van der Waals surface area (Å²) in [4.78, 5) is 27.9. The van der Waals surface area contributed by atoms with Crippen LogP contribution in [0.5, 0.6) is 0 Å². The van der Waals surface area contributed by atoms with Crippen molar-refractivity contribution in [3.63, 3.8) is 0 Å². The first-order valence-electron chi connectivity index (χ1n) is 12.8. The van der Waals surface area contributed by atoms with Crippen LogP contribution in [0.25, 0.3) is 0 Å². The minimum Gasteiger partial charge on any atom is -0.445 e. The number of hydrogen-bond donors (Lipinski definition) is 1. The Hall–Kier alpha value is -2.96. The minimum atomic E-state index is -0.536. The molecule has 1 saturated carbocycles. The van der Waals surface area contributed by atoms with E-state index < -0.39 is 5.82 Å². The first kappa shape index (κ1) is 26.6. The summed E-state index contributed by atoms with van der Waals surface area (Å²) < 4.78 is 20.9. The van der Waals surface area contributed by atoms with E-state index in [0.717, 1.165) is 35.1 Å². The van der Waals surface area contributed by atoms with Gasteiger partial charge in [0.25, 0.3) is 5.91 Å². The molecule has 0 bridgehead atoms. The quantitative estimate of drug-likeness (QED) is 0.419. The number of aryl methyl sites for hydroxylation is 1. The Kier molecular flexibility index (Phi) is 7.73. The standard InChI is InChI=1S/C28H31ClFN4O3P/c1-3-24-25(27(35)31-20-7-8-23(30)22(29)12-20)26(32-33(24)2)17-10-18-13-34(14-19(18)11-17)28(36)37-15-16-5-4-6-21(38)9-16/h4-9,12,17-19H,3,10-11,13-15,38H2,1-2H3,(H,31,35). The van der Waals surface area contributed by atoms with Gasteiger partial charge in [-0.1, -0.05) is 36.7 Å². The second-order valence-corrected chi connectivity index (χ2v) is 11.2. The predicted octanol–water partition coefficient (Wildman–Crippen LogP) is 5.29. The molecule has 1 aromatic heterocycles. The number of carbonyl (C=O) groups is 2. The van der Waals surface area contributed by atoms with E-state index in [9.17, 15) is 14.0 Å². The van der Waals surface area contributed by atoms with Gasteiger partial charge in [0.1, 0.15) is 12.4 Å². The van der Waals surface area contributed by atoms with E-state index in [0.29, 0.717) is 42.6 Å². The molecule has 0 radical (unpaired) electrons. The van der Waals surface area contributed by atoms with Crippen molar-refractivity contribution >= 4 is 43.8 Å². The van der Waals surface area contributed by atoms with Gasteiger partial charge in [0.15, 0.2) is 0 Å². The average Bonchev–Trinajstić information content (AvgIpc) is 3.56. The van der Waals surface area contributed by atoms with E-state index in [1.807, 2.05) is 38.2 Å². The maximum absolute atomic E-state index is 13.6. The summed E-state index contributed by atoms with van der Waals surface area (Å²) in [5, 5.41) is 8.64. The van der Waals surface area contributed by atoms with Crippen LogP contribution in [0.2, 0.25) is 5.02 Å². The lowest BCUT2D eigenvalue weighted by Gasteiger charge is -2.19. The number of hydrogen-bond acceptors (Lipinski definition) is 4. The highest BCUT2D eigenvalue weighted by Crippen LogP contribution is 2.47. The van der Waals surface area contributed by atoms with Crippen LogP contribution < -0.4 is 10.6 Å². The van der Waals surface area contributed by atoms with Crippen LogP contribution in [0.3, 0.4) is 0 Å². The molecule has 5 rings (SSSR count). The van der Waals surface area contributed by atoms with Crippen LogP contribution in [0.15, 0.2) is 42.5 Å². The third-order valence-electron chi connectivity index (χ3n) is 7.64.